The van der Waals surface area contributed by atoms with Gasteiger partial charge in [-0.3, -0.25) is 4.79 Å². The highest BCUT2D eigenvalue weighted by Gasteiger charge is 2.29. The van der Waals surface area contributed by atoms with E-state index in [0.717, 1.165) is 62.9 Å². The van der Waals surface area contributed by atoms with Crippen molar-refractivity contribution in [2.24, 2.45) is 5.92 Å². The summed E-state index contributed by atoms with van der Waals surface area (Å²) in [6.45, 7) is 4.38. The van der Waals surface area contributed by atoms with Crippen LogP contribution < -0.4 is 10.2 Å². The molecule has 0 aliphatic carbocycles. The Morgan fingerprint density at radius 3 is 2.68 bits per heavy atom. The molecule has 1 N–H and O–H groups in total. The van der Waals surface area contributed by atoms with E-state index in [0.29, 0.717) is 0 Å². The van der Waals surface area contributed by atoms with E-state index in [-0.39, 0.29) is 17.9 Å². The lowest BCUT2D eigenvalue weighted by Crippen LogP contribution is -2.46. The molecular weight excluding hydrogens is 318 g/mol. The fraction of sp³-hybridized carbons (Fsp3) is 0.588. The summed E-state index contributed by atoms with van der Waals surface area (Å²) in [5, 5.41) is 11.5. The molecule has 25 heavy (non-hydrogen) atoms. The number of aromatic nitrogens is 5. The second-order valence-electron chi connectivity index (χ2n) is 6.83. The van der Waals surface area contributed by atoms with Crippen LogP contribution in [0, 0.1) is 12.8 Å². The smallest absolute Gasteiger partial charge is 0.225 e. The van der Waals surface area contributed by atoms with Crippen LogP contribution in [0.3, 0.4) is 0 Å². The van der Waals surface area contributed by atoms with Gasteiger partial charge in [0.2, 0.25) is 11.9 Å². The van der Waals surface area contributed by atoms with E-state index in [1.165, 1.54) is 0 Å². The van der Waals surface area contributed by atoms with Crippen molar-refractivity contribution in [1.82, 2.24) is 30.0 Å². The van der Waals surface area contributed by atoms with Crippen molar-refractivity contribution in [3.63, 3.8) is 0 Å². The van der Waals surface area contributed by atoms with Crippen LogP contribution in [-0.4, -0.2) is 49.8 Å². The molecule has 1 fully saturated rings. The van der Waals surface area contributed by atoms with Gasteiger partial charge in [0.1, 0.15) is 11.6 Å². The summed E-state index contributed by atoms with van der Waals surface area (Å²) in [5.74, 6) is 2.95. The lowest BCUT2D eigenvalue weighted by molar-refractivity contribution is -0.126. The fourth-order valence-corrected chi connectivity index (χ4v) is 3.70. The summed E-state index contributed by atoms with van der Waals surface area (Å²) < 4.78 is 2.11. The number of aryl methyl sites for hydroxylation is 2. The second-order valence-corrected chi connectivity index (χ2v) is 6.83. The summed E-state index contributed by atoms with van der Waals surface area (Å²) in [5.41, 5.74) is 0. The number of anilines is 1. The third-order valence-electron chi connectivity index (χ3n) is 5.18. The average Bonchev–Trinajstić information content (AvgIpc) is 3.03. The van der Waals surface area contributed by atoms with Gasteiger partial charge in [-0.25, -0.2) is 9.97 Å². The summed E-state index contributed by atoms with van der Waals surface area (Å²) in [6, 6.07) is 1.99. The molecule has 0 radical (unpaired) electrons. The van der Waals surface area contributed by atoms with Gasteiger partial charge in [0.05, 0.1) is 0 Å². The first-order valence-electron chi connectivity index (χ1n) is 8.92. The Kier molecular flexibility index (Phi) is 4.33. The van der Waals surface area contributed by atoms with Crippen LogP contribution in [-0.2, 0) is 17.8 Å². The number of fused-ring (bicyclic) bond motifs is 1. The summed E-state index contributed by atoms with van der Waals surface area (Å²) in [4.78, 5) is 23.4. The number of amides is 1. The zero-order valence-corrected chi connectivity index (χ0v) is 14.4. The molecule has 2 aliphatic rings. The van der Waals surface area contributed by atoms with Crippen LogP contribution >= 0.6 is 0 Å². The first-order chi connectivity index (χ1) is 12.2. The molecule has 0 spiro atoms. The monoisotopic (exact) mass is 341 g/mol. The Balaban J connectivity index is 1.30. The van der Waals surface area contributed by atoms with Gasteiger partial charge in [-0.15, -0.1) is 10.2 Å². The molecule has 0 bridgehead atoms. The molecule has 1 saturated heterocycles. The number of rotatable bonds is 3. The van der Waals surface area contributed by atoms with Crippen LogP contribution in [0.15, 0.2) is 18.5 Å². The van der Waals surface area contributed by atoms with Crippen molar-refractivity contribution in [3.05, 3.63) is 30.1 Å². The van der Waals surface area contributed by atoms with E-state index in [9.17, 15) is 4.79 Å². The van der Waals surface area contributed by atoms with Crippen molar-refractivity contribution >= 4 is 11.9 Å². The van der Waals surface area contributed by atoms with E-state index in [1.54, 1.807) is 12.4 Å². The molecule has 2 aromatic heterocycles. The van der Waals surface area contributed by atoms with Crippen molar-refractivity contribution < 1.29 is 4.79 Å². The van der Waals surface area contributed by atoms with Gasteiger partial charge >= 0.3 is 0 Å². The Morgan fingerprint density at radius 2 is 1.92 bits per heavy atom. The maximum Gasteiger partial charge on any atom is 0.225 e. The SMILES string of the molecule is Cc1nnc2n1CC(NC(=O)C1CCN(c3ncccn3)CC1)CC2. The molecule has 4 rings (SSSR count). The van der Waals surface area contributed by atoms with E-state index in [4.69, 9.17) is 0 Å². The Bertz CT molecular complexity index is 737. The molecule has 132 valence electrons. The fourth-order valence-electron chi connectivity index (χ4n) is 3.70. The van der Waals surface area contributed by atoms with Crippen molar-refractivity contribution in [2.75, 3.05) is 18.0 Å². The Labute approximate surface area is 146 Å². The topological polar surface area (TPSA) is 88.8 Å². The maximum absolute atomic E-state index is 12.6. The van der Waals surface area contributed by atoms with E-state index >= 15 is 0 Å². The van der Waals surface area contributed by atoms with Crippen molar-refractivity contribution in [3.8, 4) is 0 Å². The van der Waals surface area contributed by atoms with Gasteiger partial charge in [-0.05, 0) is 32.3 Å². The van der Waals surface area contributed by atoms with Crippen molar-refractivity contribution in [2.45, 2.75) is 45.2 Å². The highest BCUT2D eigenvalue weighted by molar-refractivity contribution is 5.79. The van der Waals surface area contributed by atoms with Gasteiger partial charge in [0.25, 0.3) is 0 Å². The highest BCUT2D eigenvalue weighted by Crippen LogP contribution is 2.21. The zero-order valence-electron chi connectivity index (χ0n) is 14.4. The predicted molar refractivity (Wildman–Crippen MR) is 92.0 cm³/mol. The molecule has 1 atom stereocenters. The molecule has 0 saturated carbocycles. The average molecular weight is 341 g/mol. The third-order valence-corrected chi connectivity index (χ3v) is 5.18. The molecule has 1 amide bonds. The largest absolute Gasteiger partial charge is 0.351 e. The number of nitrogens with zero attached hydrogens (tertiary/aromatic N) is 6. The second kappa shape index (κ2) is 6.78. The number of piperidine rings is 1. The molecule has 1 unspecified atom stereocenters. The predicted octanol–water partition coefficient (Wildman–Crippen LogP) is 0.724. The molecule has 2 aromatic rings. The minimum absolute atomic E-state index is 0.0726. The molecule has 8 heteroatoms. The van der Waals surface area contributed by atoms with Gasteiger partial charge in [-0.1, -0.05) is 0 Å². The normalized spacial score (nSPS) is 21.0. The van der Waals surface area contributed by atoms with Gasteiger partial charge in [0, 0.05) is 50.4 Å². The van der Waals surface area contributed by atoms with Crippen LogP contribution in [0.2, 0.25) is 0 Å². The van der Waals surface area contributed by atoms with E-state index in [2.05, 4.69) is 34.9 Å². The van der Waals surface area contributed by atoms with Crippen LogP contribution in [0.1, 0.15) is 30.9 Å². The number of hydrogen-bond acceptors (Lipinski definition) is 6. The van der Waals surface area contributed by atoms with Gasteiger partial charge < -0.3 is 14.8 Å². The third kappa shape index (κ3) is 3.33. The van der Waals surface area contributed by atoms with E-state index < -0.39 is 0 Å². The number of nitrogens with one attached hydrogen (secondary N) is 1. The van der Waals surface area contributed by atoms with E-state index in [1.807, 2.05) is 13.0 Å². The molecular formula is C17H23N7O. The first-order valence-corrected chi connectivity index (χ1v) is 8.92. The summed E-state index contributed by atoms with van der Waals surface area (Å²) in [7, 11) is 0. The van der Waals surface area contributed by atoms with Gasteiger partial charge in [-0.2, -0.15) is 0 Å². The summed E-state index contributed by atoms with van der Waals surface area (Å²) in [6.07, 6.45) is 6.99. The van der Waals surface area contributed by atoms with Crippen LogP contribution in [0.25, 0.3) is 0 Å². The molecule has 0 aromatic carbocycles. The summed E-state index contributed by atoms with van der Waals surface area (Å²) >= 11 is 0. The number of hydrogen-bond donors (Lipinski definition) is 1. The Hall–Kier alpha value is -2.51. The Morgan fingerprint density at radius 1 is 1.16 bits per heavy atom. The lowest BCUT2D eigenvalue weighted by atomic mass is 9.95. The highest BCUT2D eigenvalue weighted by atomic mass is 16.2. The zero-order chi connectivity index (χ0) is 17.2. The maximum atomic E-state index is 12.6. The minimum atomic E-state index is 0.0726. The minimum Gasteiger partial charge on any atom is -0.351 e. The number of carbonyl (C=O) groups excluding carboxylic acids is 1. The van der Waals surface area contributed by atoms with Crippen LogP contribution in [0.4, 0.5) is 5.95 Å². The molecule has 4 heterocycles. The molecule has 2 aliphatic heterocycles. The molecule has 8 nitrogen and oxygen atoms in total. The van der Waals surface area contributed by atoms with Gasteiger partial charge in [0.15, 0.2) is 0 Å². The lowest BCUT2D eigenvalue weighted by Gasteiger charge is -2.32. The standard InChI is InChI=1S/C17H23N7O/c1-12-21-22-15-4-3-14(11-24(12)15)20-16(25)13-5-9-23(10-6-13)17-18-7-2-8-19-17/h2,7-8,13-14H,3-6,9-11H2,1H3,(H,20,25). The van der Waals surface area contributed by atoms with Crippen molar-refractivity contribution in [1.29, 1.82) is 0 Å². The number of carbonyl (C=O) groups is 1. The first kappa shape index (κ1) is 16.0. The van der Waals surface area contributed by atoms with Crippen LogP contribution in [0.5, 0.6) is 0 Å². The quantitative estimate of drug-likeness (QED) is 0.885.